The molecule has 2 rings (SSSR count). The molecule has 0 aliphatic carbocycles. The number of nitro benzene ring substituents is 1. The summed E-state index contributed by atoms with van der Waals surface area (Å²) >= 11 is 0. The van der Waals surface area contributed by atoms with Crippen LogP contribution in [0.2, 0.25) is 0 Å². The van der Waals surface area contributed by atoms with Gasteiger partial charge >= 0.3 is 0 Å². The molecule has 0 aliphatic heterocycles. The minimum absolute atomic E-state index is 0.0284. The van der Waals surface area contributed by atoms with Gasteiger partial charge in [0.2, 0.25) is 5.91 Å². The summed E-state index contributed by atoms with van der Waals surface area (Å²) < 4.78 is 5.49. The lowest BCUT2D eigenvalue weighted by atomic mass is 10.1. The predicted molar refractivity (Wildman–Crippen MR) is 106 cm³/mol. The summed E-state index contributed by atoms with van der Waals surface area (Å²) in [5, 5.41) is 16.0. The molecule has 0 saturated heterocycles. The number of rotatable bonds is 8. The first kappa shape index (κ1) is 20.6. The van der Waals surface area contributed by atoms with Crippen molar-refractivity contribution in [1.29, 1.82) is 0 Å². The maximum absolute atomic E-state index is 12.6. The van der Waals surface area contributed by atoms with E-state index in [-0.39, 0.29) is 11.4 Å². The third-order valence-corrected chi connectivity index (χ3v) is 3.53. The fraction of sp³-hybridized carbons (Fsp3) is 0.200. The Balaban J connectivity index is 2.20. The van der Waals surface area contributed by atoms with Gasteiger partial charge in [-0.15, -0.1) is 0 Å². The average Bonchev–Trinajstić information content (AvgIpc) is 2.66. The van der Waals surface area contributed by atoms with E-state index in [1.54, 1.807) is 30.3 Å². The number of carbonyl (C=O) groups excluding carboxylic acids is 2. The average molecular weight is 383 g/mol. The molecule has 2 aromatic carbocycles. The summed E-state index contributed by atoms with van der Waals surface area (Å²) in [4.78, 5) is 34.4. The molecule has 0 radical (unpaired) electrons. The molecule has 8 heteroatoms. The summed E-state index contributed by atoms with van der Waals surface area (Å²) in [5.74, 6) is -0.298. The summed E-state index contributed by atoms with van der Waals surface area (Å²) in [6.07, 6.45) is 2.27. The number of benzene rings is 2. The zero-order chi connectivity index (χ0) is 20.5. The number of carbonyl (C=O) groups is 2. The fourth-order valence-electron chi connectivity index (χ4n) is 2.30. The Morgan fingerprint density at radius 3 is 2.50 bits per heavy atom. The highest BCUT2D eigenvalue weighted by molar-refractivity contribution is 6.08. The van der Waals surface area contributed by atoms with Gasteiger partial charge in [-0.2, -0.15) is 0 Å². The summed E-state index contributed by atoms with van der Waals surface area (Å²) in [7, 11) is 0. The molecule has 2 aromatic rings. The molecule has 0 atom stereocenters. The SMILES string of the molecule is CCCOc1ccc(NC(=O)C(=Cc2cccc([N+](=O)[O-])c2)NC(C)=O)cc1. The van der Waals surface area contributed by atoms with Crippen molar-refractivity contribution in [3.8, 4) is 5.75 Å². The Morgan fingerprint density at radius 1 is 1.18 bits per heavy atom. The number of amides is 2. The van der Waals surface area contributed by atoms with Gasteiger partial charge in [-0.3, -0.25) is 19.7 Å². The van der Waals surface area contributed by atoms with Crippen LogP contribution in [0.3, 0.4) is 0 Å². The van der Waals surface area contributed by atoms with Crippen LogP contribution < -0.4 is 15.4 Å². The third kappa shape index (κ3) is 6.24. The van der Waals surface area contributed by atoms with Crippen molar-refractivity contribution < 1.29 is 19.2 Å². The first-order chi connectivity index (χ1) is 13.4. The molecule has 0 aromatic heterocycles. The molecule has 0 heterocycles. The van der Waals surface area contributed by atoms with Crippen LogP contribution in [0.5, 0.6) is 5.75 Å². The second kappa shape index (κ2) is 9.86. The molecule has 2 amide bonds. The molecular weight excluding hydrogens is 362 g/mol. The standard InChI is InChI=1S/C20H21N3O5/c1-3-11-28-18-9-7-16(8-10-18)22-20(25)19(21-14(2)24)13-15-5-4-6-17(12-15)23(26)27/h4-10,12-13H,3,11H2,1-2H3,(H,21,24)(H,22,25). The van der Waals surface area contributed by atoms with Gasteiger partial charge in [-0.1, -0.05) is 19.1 Å². The van der Waals surface area contributed by atoms with Crippen LogP contribution in [0.25, 0.3) is 6.08 Å². The van der Waals surface area contributed by atoms with E-state index in [1.807, 2.05) is 6.92 Å². The first-order valence-corrected chi connectivity index (χ1v) is 8.67. The number of nitro groups is 1. The molecule has 0 spiro atoms. The second-order valence-electron chi connectivity index (χ2n) is 5.92. The van der Waals surface area contributed by atoms with Crippen molar-refractivity contribution in [3.63, 3.8) is 0 Å². The first-order valence-electron chi connectivity index (χ1n) is 8.67. The normalized spacial score (nSPS) is 10.9. The van der Waals surface area contributed by atoms with Gasteiger partial charge in [0.25, 0.3) is 11.6 Å². The van der Waals surface area contributed by atoms with Gasteiger partial charge in [-0.25, -0.2) is 0 Å². The van der Waals surface area contributed by atoms with Crippen LogP contribution in [0, 0.1) is 10.1 Å². The highest BCUT2D eigenvalue weighted by Crippen LogP contribution is 2.18. The van der Waals surface area contributed by atoms with E-state index in [9.17, 15) is 19.7 Å². The van der Waals surface area contributed by atoms with E-state index >= 15 is 0 Å². The number of hydrogen-bond acceptors (Lipinski definition) is 5. The minimum Gasteiger partial charge on any atom is -0.494 e. The number of anilines is 1. The lowest BCUT2D eigenvalue weighted by Gasteiger charge is -2.11. The summed E-state index contributed by atoms with van der Waals surface area (Å²) in [6.45, 7) is 3.88. The van der Waals surface area contributed by atoms with Gasteiger partial charge < -0.3 is 15.4 Å². The highest BCUT2D eigenvalue weighted by Gasteiger charge is 2.13. The molecule has 2 N–H and O–H groups in total. The Kier molecular flexibility index (Phi) is 7.27. The van der Waals surface area contributed by atoms with E-state index < -0.39 is 16.7 Å². The lowest BCUT2D eigenvalue weighted by Crippen LogP contribution is -2.28. The van der Waals surface area contributed by atoms with E-state index in [2.05, 4.69) is 10.6 Å². The number of non-ortho nitro benzene ring substituents is 1. The smallest absolute Gasteiger partial charge is 0.272 e. The van der Waals surface area contributed by atoms with Crippen LogP contribution in [0.15, 0.2) is 54.2 Å². The summed E-state index contributed by atoms with van der Waals surface area (Å²) in [6, 6.07) is 12.6. The van der Waals surface area contributed by atoms with E-state index in [0.29, 0.717) is 23.6 Å². The molecule has 8 nitrogen and oxygen atoms in total. The zero-order valence-electron chi connectivity index (χ0n) is 15.6. The molecule has 0 fully saturated rings. The van der Waals surface area contributed by atoms with Crippen molar-refractivity contribution in [3.05, 3.63) is 69.9 Å². The van der Waals surface area contributed by atoms with E-state index in [0.717, 1.165) is 6.42 Å². The Morgan fingerprint density at radius 2 is 1.89 bits per heavy atom. The molecule has 146 valence electrons. The lowest BCUT2D eigenvalue weighted by molar-refractivity contribution is -0.384. The van der Waals surface area contributed by atoms with Gasteiger partial charge in [0.15, 0.2) is 0 Å². The Bertz CT molecular complexity index is 891. The van der Waals surface area contributed by atoms with Gasteiger partial charge in [-0.05, 0) is 42.3 Å². The maximum Gasteiger partial charge on any atom is 0.272 e. The minimum atomic E-state index is -0.552. The van der Waals surface area contributed by atoms with Crippen LogP contribution in [-0.4, -0.2) is 23.3 Å². The van der Waals surface area contributed by atoms with Crippen molar-refractivity contribution in [2.45, 2.75) is 20.3 Å². The van der Waals surface area contributed by atoms with Crippen LogP contribution >= 0.6 is 0 Å². The molecule has 0 aliphatic rings. The van der Waals surface area contributed by atoms with E-state index in [1.165, 1.54) is 31.2 Å². The van der Waals surface area contributed by atoms with Crippen molar-refractivity contribution >= 4 is 29.3 Å². The number of nitrogens with one attached hydrogen (secondary N) is 2. The van der Waals surface area contributed by atoms with Crippen molar-refractivity contribution in [2.24, 2.45) is 0 Å². The second-order valence-corrected chi connectivity index (χ2v) is 5.92. The van der Waals surface area contributed by atoms with Crippen LogP contribution in [-0.2, 0) is 9.59 Å². The Labute approximate surface area is 162 Å². The van der Waals surface area contributed by atoms with Gasteiger partial charge in [0, 0.05) is 24.7 Å². The van der Waals surface area contributed by atoms with Crippen molar-refractivity contribution in [1.82, 2.24) is 5.32 Å². The molecule has 0 bridgehead atoms. The molecule has 0 unspecified atom stereocenters. The molecular formula is C20H21N3O5. The molecule has 28 heavy (non-hydrogen) atoms. The third-order valence-electron chi connectivity index (χ3n) is 3.53. The van der Waals surface area contributed by atoms with Gasteiger partial charge in [0.05, 0.1) is 11.5 Å². The molecule has 0 saturated carbocycles. The van der Waals surface area contributed by atoms with E-state index in [4.69, 9.17) is 4.74 Å². The Hall–Kier alpha value is -3.68. The number of ether oxygens (including phenoxy) is 1. The fourth-order valence-corrected chi connectivity index (χ4v) is 2.30. The van der Waals surface area contributed by atoms with Gasteiger partial charge in [0.1, 0.15) is 11.4 Å². The number of hydrogen-bond donors (Lipinski definition) is 2. The topological polar surface area (TPSA) is 111 Å². The largest absolute Gasteiger partial charge is 0.494 e. The quantitative estimate of drug-likeness (QED) is 0.412. The highest BCUT2D eigenvalue weighted by atomic mass is 16.6. The van der Waals surface area contributed by atoms with Crippen LogP contribution in [0.1, 0.15) is 25.8 Å². The number of nitrogens with zero attached hydrogens (tertiary/aromatic N) is 1. The van der Waals surface area contributed by atoms with Crippen LogP contribution in [0.4, 0.5) is 11.4 Å². The monoisotopic (exact) mass is 383 g/mol. The predicted octanol–water partition coefficient (Wildman–Crippen LogP) is 3.50. The summed E-state index contributed by atoms with van der Waals surface area (Å²) in [5.41, 5.74) is 0.791. The maximum atomic E-state index is 12.6. The van der Waals surface area contributed by atoms with Crippen molar-refractivity contribution in [2.75, 3.05) is 11.9 Å². The zero-order valence-corrected chi connectivity index (χ0v) is 15.6.